The molecule has 0 spiro atoms. The zero-order valence-electron chi connectivity index (χ0n) is 15.3. The summed E-state index contributed by atoms with van der Waals surface area (Å²) in [6.07, 6.45) is 6.28. The number of aromatic hydroxyl groups is 1. The Morgan fingerprint density at radius 1 is 1.21 bits per heavy atom. The van der Waals surface area contributed by atoms with E-state index in [-0.39, 0.29) is 24.0 Å². The molecule has 7 nitrogen and oxygen atoms in total. The Morgan fingerprint density at radius 2 is 2.10 bits per heavy atom. The van der Waals surface area contributed by atoms with Crippen molar-refractivity contribution in [3.8, 4) is 22.7 Å². The van der Waals surface area contributed by atoms with Gasteiger partial charge in [-0.05, 0) is 36.6 Å². The molecule has 2 aliphatic rings. The standard InChI is InChI=1S/C20H18F2N6O/c21-14-8-16-20(22)11(5-15(14)25-16)6-19-24-9-17(26-27-19)13-2-1-12(7-18(13)29)28-4-3-23-10-28/h1-4,6-7,9-10,14-16,20,25,29H,5,8H2/b11-6+/t14-,15-,16-,20-/m0/s1. The molecule has 2 saturated heterocycles. The van der Waals surface area contributed by atoms with Crippen molar-refractivity contribution in [3.63, 3.8) is 0 Å². The van der Waals surface area contributed by atoms with Crippen LogP contribution in [0, 0.1) is 0 Å². The van der Waals surface area contributed by atoms with Gasteiger partial charge in [-0.3, -0.25) is 0 Å². The highest BCUT2D eigenvalue weighted by Gasteiger charge is 2.44. The lowest BCUT2D eigenvalue weighted by molar-refractivity contribution is 0.265. The summed E-state index contributed by atoms with van der Waals surface area (Å²) >= 11 is 0. The molecule has 4 atom stereocenters. The first-order valence-electron chi connectivity index (χ1n) is 9.34. The number of rotatable bonds is 3. The van der Waals surface area contributed by atoms with Crippen molar-refractivity contribution >= 4 is 6.08 Å². The van der Waals surface area contributed by atoms with Crippen molar-refractivity contribution < 1.29 is 13.9 Å². The number of imidazole rings is 1. The molecule has 2 aromatic heterocycles. The van der Waals surface area contributed by atoms with E-state index in [0.29, 0.717) is 23.3 Å². The topological polar surface area (TPSA) is 88.8 Å². The Labute approximate surface area is 165 Å². The largest absolute Gasteiger partial charge is 0.507 e. The summed E-state index contributed by atoms with van der Waals surface area (Å²) in [7, 11) is 0. The van der Waals surface area contributed by atoms with E-state index < -0.39 is 18.4 Å². The third-order valence-corrected chi connectivity index (χ3v) is 5.46. The number of fused-ring (bicyclic) bond motifs is 2. The zero-order valence-corrected chi connectivity index (χ0v) is 15.3. The highest BCUT2D eigenvalue weighted by Crippen LogP contribution is 2.35. The van der Waals surface area contributed by atoms with Gasteiger partial charge in [-0.15, -0.1) is 10.2 Å². The first kappa shape index (κ1) is 17.9. The summed E-state index contributed by atoms with van der Waals surface area (Å²) in [5.41, 5.74) is 2.12. The van der Waals surface area contributed by atoms with Gasteiger partial charge in [0.1, 0.15) is 23.8 Å². The minimum Gasteiger partial charge on any atom is -0.507 e. The second-order valence-electron chi connectivity index (χ2n) is 7.33. The van der Waals surface area contributed by atoms with Gasteiger partial charge in [-0.1, -0.05) is 0 Å². The monoisotopic (exact) mass is 396 g/mol. The molecule has 29 heavy (non-hydrogen) atoms. The molecule has 2 N–H and O–H groups in total. The van der Waals surface area contributed by atoms with E-state index in [4.69, 9.17) is 0 Å². The SMILES string of the molecule is Oc1cc(-n2ccnc2)ccc1-c1cnc(/C=C2\C[C@@H]3N[C@@H](C[C@@H]3F)[C@H]2F)nn1. The van der Waals surface area contributed by atoms with E-state index in [2.05, 4.69) is 25.5 Å². The fourth-order valence-electron chi connectivity index (χ4n) is 3.96. The quantitative estimate of drug-likeness (QED) is 0.708. The number of phenols is 1. The van der Waals surface area contributed by atoms with Crippen LogP contribution < -0.4 is 5.32 Å². The fraction of sp³-hybridized carbons (Fsp3) is 0.300. The number of nitrogens with one attached hydrogen (secondary N) is 1. The third kappa shape index (κ3) is 3.27. The van der Waals surface area contributed by atoms with Crippen molar-refractivity contribution in [1.82, 2.24) is 30.0 Å². The number of benzene rings is 1. The fourth-order valence-corrected chi connectivity index (χ4v) is 3.96. The lowest BCUT2D eigenvalue weighted by atomic mass is 9.96. The van der Waals surface area contributed by atoms with Crippen LogP contribution in [0.1, 0.15) is 18.7 Å². The van der Waals surface area contributed by atoms with E-state index in [9.17, 15) is 13.9 Å². The predicted octanol–water partition coefficient (Wildman–Crippen LogP) is 2.62. The summed E-state index contributed by atoms with van der Waals surface area (Å²) in [5.74, 6) is 0.295. The van der Waals surface area contributed by atoms with Crippen LogP contribution >= 0.6 is 0 Å². The number of phenolic OH excluding ortho intramolecular Hbond substituents is 1. The van der Waals surface area contributed by atoms with Crippen molar-refractivity contribution in [2.24, 2.45) is 0 Å². The summed E-state index contributed by atoms with van der Waals surface area (Å²) < 4.78 is 30.1. The van der Waals surface area contributed by atoms with Crippen LogP contribution in [0.2, 0.25) is 0 Å². The number of aromatic nitrogens is 5. The molecule has 2 aliphatic heterocycles. The first-order chi connectivity index (χ1) is 14.1. The van der Waals surface area contributed by atoms with E-state index in [1.807, 2.05) is 6.07 Å². The predicted molar refractivity (Wildman–Crippen MR) is 102 cm³/mol. The lowest BCUT2D eigenvalue weighted by Crippen LogP contribution is -2.44. The van der Waals surface area contributed by atoms with Gasteiger partial charge in [0.15, 0.2) is 5.82 Å². The normalized spacial score (nSPS) is 27.4. The summed E-state index contributed by atoms with van der Waals surface area (Å²) in [4.78, 5) is 8.21. The van der Waals surface area contributed by atoms with Crippen LogP contribution in [0.4, 0.5) is 8.78 Å². The molecule has 148 valence electrons. The van der Waals surface area contributed by atoms with Gasteiger partial charge in [0.05, 0.1) is 18.2 Å². The molecule has 0 unspecified atom stereocenters. The Morgan fingerprint density at radius 3 is 2.83 bits per heavy atom. The van der Waals surface area contributed by atoms with Crippen molar-refractivity contribution in [3.05, 3.63) is 54.5 Å². The Hall–Kier alpha value is -3.20. The lowest BCUT2D eigenvalue weighted by Gasteiger charge is -2.27. The highest BCUT2D eigenvalue weighted by atomic mass is 19.1. The smallest absolute Gasteiger partial charge is 0.174 e. The number of hydrogen-bond donors (Lipinski definition) is 2. The van der Waals surface area contributed by atoms with E-state index in [1.54, 1.807) is 41.5 Å². The average Bonchev–Trinajstić information content (AvgIpc) is 3.36. The van der Waals surface area contributed by atoms with Crippen LogP contribution in [-0.2, 0) is 0 Å². The van der Waals surface area contributed by atoms with Gasteiger partial charge in [-0.2, -0.15) is 0 Å². The van der Waals surface area contributed by atoms with Crippen LogP contribution in [0.3, 0.4) is 0 Å². The molecule has 9 heteroatoms. The molecule has 3 aromatic rings. The third-order valence-electron chi connectivity index (χ3n) is 5.46. The molecule has 2 fully saturated rings. The van der Waals surface area contributed by atoms with E-state index in [1.165, 1.54) is 6.20 Å². The van der Waals surface area contributed by atoms with Gasteiger partial charge >= 0.3 is 0 Å². The van der Waals surface area contributed by atoms with Gasteiger partial charge in [0.2, 0.25) is 0 Å². The molecular formula is C20H18F2N6O. The summed E-state index contributed by atoms with van der Waals surface area (Å²) in [5, 5.41) is 21.5. The van der Waals surface area contributed by atoms with Crippen LogP contribution in [0.5, 0.6) is 5.75 Å². The molecule has 0 radical (unpaired) electrons. The number of alkyl halides is 2. The van der Waals surface area contributed by atoms with Gasteiger partial charge in [0, 0.05) is 36.1 Å². The maximum Gasteiger partial charge on any atom is 0.174 e. The number of nitrogens with zero attached hydrogens (tertiary/aromatic N) is 5. The minimum absolute atomic E-state index is 0.0335. The highest BCUT2D eigenvalue weighted by molar-refractivity contribution is 5.68. The minimum atomic E-state index is -1.25. The van der Waals surface area contributed by atoms with Gasteiger partial charge in [0.25, 0.3) is 0 Å². The molecule has 0 aliphatic carbocycles. The summed E-state index contributed by atoms with van der Waals surface area (Å²) in [6, 6.07) is 4.29. The maximum atomic E-state index is 14.5. The molecule has 0 saturated carbocycles. The molecule has 4 heterocycles. The average molecular weight is 396 g/mol. The molecular weight excluding hydrogens is 378 g/mol. The second-order valence-corrected chi connectivity index (χ2v) is 7.33. The van der Waals surface area contributed by atoms with Gasteiger partial charge in [-0.25, -0.2) is 18.7 Å². The van der Waals surface area contributed by atoms with E-state index >= 15 is 0 Å². The van der Waals surface area contributed by atoms with E-state index in [0.717, 1.165) is 5.69 Å². The number of halogens is 2. The van der Waals surface area contributed by atoms with Crippen molar-refractivity contribution in [1.29, 1.82) is 0 Å². The number of hydrogen-bond acceptors (Lipinski definition) is 6. The molecule has 2 bridgehead atoms. The Bertz CT molecular complexity index is 1050. The first-order valence-corrected chi connectivity index (χ1v) is 9.34. The van der Waals surface area contributed by atoms with Crippen LogP contribution in [-0.4, -0.2) is 54.3 Å². The maximum absolute atomic E-state index is 14.5. The number of piperidine rings is 1. The zero-order chi connectivity index (χ0) is 20.0. The molecule has 1 aromatic carbocycles. The summed E-state index contributed by atoms with van der Waals surface area (Å²) in [6.45, 7) is 0. The van der Waals surface area contributed by atoms with Gasteiger partial charge < -0.3 is 15.0 Å². The second kappa shape index (κ2) is 7.00. The molecule has 5 rings (SSSR count). The molecule has 0 amide bonds. The van der Waals surface area contributed by atoms with Crippen molar-refractivity contribution in [2.75, 3.05) is 0 Å². The Balaban J connectivity index is 1.38. The van der Waals surface area contributed by atoms with Crippen LogP contribution in [0.25, 0.3) is 23.0 Å². The van der Waals surface area contributed by atoms with Crippen molar-refractivity contribution in [2.45, 2.75) is 37.3 Å². The van der Waals surface area contributed by atoms with Crippen LogP contribution in [0.15, 0.2) is 48.7 Å². The Kier molecular flexibility index (Phi) is 4.31.